The smallest absolute Gasteiger partial charge is 0.340 e. The summed E-state index contributed by atoms with van der Waals surface area (Å²) < 4.78 is 12.5. The standard InChI is InChI=1S/C28H25N3O4/c1-4-34-23(32)16-22-25(28(33)35-5-2)24(19-12-8-6-9-13-19)27-26(30-22)21(17-29)18(3)31(27)20-14-10-7-11-15-20/h6-15H,4-5,16H2,1-3H3. The summed E-state index contributed by atoms with van der Waals surface area (Å²) in [6, 6.07) is 21.2. The van der Waals surface area contributed by atoms with Crippen molar-refractivity contribution in [2.75, 3.05) is 13.2 Å². The third kappa shape index (κ3) is 4.38. The van der Waals surface area contributed by atoms with Crippen LogP contribution in [0, 0.1) is 18.3 Å². The molecular weight excluding hydrogens is 442 g/mol. The number of nitrogens with zero attached hydrogens (tertiary/aromatic N) is 3. The van der Waals surface area contributed by atoms with Gasteiger partial charge in [-0.2, -0.15) is 5.26 Å². The van der Waals surface area contributed by atoms with Crippen LogP contribution in [0.1, 0.15) is 41.2 Å². The maximum absolute atomic E-state index is 13.4. The van der Waals surface area contributed by atoms with Gasteiger partial charge in [0.05, 0.1) is 42.0 Å². The van der Waals surface area contributed by atoms with E-state index >= 15 is 0 Å². The first kappa shape index (κ1) is 23.7. The number of pyridine rings is 1. The van der Waals surface area contributed by atoms with E-state index in [4.69, 9.17) is 14.5 Å². The normalized spacial score (nSPS) is 10.7. The largest absolute Gasteiger partial charge is 0.466 e. The summed E-state index contributed by atoms with van der Waals surface area (Å²) in [7, 11) is 0. The Morgan fingerprint density at radius 1 is 0.971 bits per heavy atom. The van der Waals surface area contributed by atoms with Crippen LogP contribution in [0.2, 0.25) is 0 Å². The number of hydrogen-bond acceptors (Lipinski definition) is 6. The molecule has 7 heteroatoms. The number of hydrogen-bond donors (Lipinski definition) is 0. The van der Waals surface area contributed by atoms with E-state index in [2.05, 4.69) is 6.07 Å². The first-order valence-corrected chi connectivity index (χ1v) is 11.4. The highest BCUT2D eigenvalue weighted by atomic mass is 16.5. The molecule has 2 heterocycles. The van der Waals surface area contributed by atoms with Crippen LogP contribution in [-0.4, -0.2) is 34.7 Å². The van der Waals surface area contributed by atoms with Gasteiger partial charge in [-0.25, -0.2) is 9.78 Å². The summed E-state index contributed by atoms with van der Waals surface area (Å²) in [5.74, 6) is -1.10. The second-order valence-corrected chi connectivity index (χ2v) is 7.82. The van der Waals surface area contributed by atoms with E-state index in [0.717, 1.165) is 11.3 Å². The van der Waals surface area contributed by atoms with Crippen molar-refractivity contribution < 1.29 is 19.1 Å². The molecule has 0 amide bonds. The molecule has 0 radical (unpaired) electrons. The predicted molar refractivity (Wildman–Crippen MR) is 132 cm³/mol. The minimum Gasteiger partial charge on any atom is -0.466 e. The molecule has 2 aromatic heterocycles. The van der Waals surface area contributed by atoms with Gasteiger partial charge in [-0.15, -0.1) is 0 Å². The molecule has 0 saturated heterocycles. The Morgan fingerprint density at radius 2 is 1.60 bits per heavy atom. The first-order chi connectivity index (χ1) is 17.0. The average molecular weight is 468 g/mol. The molecule has 0 spiro atoms. The fourth-order valence-electron chi connectivity index (χ4n) is 4.29. The molecular formula is C28H25N3O4. The van der Waals surface area contributed by atoms with Crippen molar-refractivity contribution in [2.24, 2.45) is 0 Å². The van der Waals surface area contributed by atoms with E-state index in [1.807, 2.05) is 72.2 Å². The van der Waals surface area contributed by atoms with Gasteiger partial charge in [-0.3, -0.25) is 4.79 Å². The Bertz CT molecular complexity index is 1430. The Balaban J connectivity index is 2.21. The predicted octanol–water partition coefficient (Wildman–Crippen LogP) is 5.15. The molecule has 0 unspecified atom stereocenters. The molecule has 0 bridgehead atoms. The highest BCUT2D eigenvalue weighted by molar-refractivity contribution is 6.09. The van der Waals surface area contributed by atoms with Crippen LogP contribution < -0.4 is 0 Å². The first-order valence-electron chi connectivity index (χ1n) is 11.4. The van der Waals surface area contributed by atoms with Crippen molar-refractivity contribution in [1.82, 2.24) is 9.55 Å². The minimum atomic E-state index is -0.586. The molecule has 0 aliphatic carbocycles. The van der Waals surface area contributed by atoms with Crippen molar-refractivity contribution in [3.63, 3.8) is 0 Å². The van der Waals surface area contributed by atoms with E-state index in [0.29, 0.717) is 27.9 Å². The number of ether oxygens (including phenoxy) is 2. The Morgan fingerprint density at radius 3 is 2.20 bits per heavy atom. The number of aromatic nitrogens is 2. The Labute approximate surface area is 203 Å². The van der Waals surface area contributed by atoms with E-state index in [1.54, 1.807) is 13.8 Å². The number of rotatable bonds is 7. The van der Waals surface area contributed by atoms with E-state index < -0.39 is 11.9 Å². The summed E-state index contributed by atoms with van der Waals surface area (Å²) in [6.45, 7) is 5.65. The highest BCUT2D eigenvalue weighted by Crippen LogP contribution is 2.39. The third-order valence-electron chi connectivity index (χ3n) is 5.69. The second-order valence-electron chi connectivity index (χ2n) is 7.82. The van der Waals surface area contributed by atoms with Crippen LogP contribution >= 0.6 is 0 Å². The van der Waals surface area contributed by atoms with E-state index in [-0.39, 0.29) is 30.9 Å². The number of nitriles is 1. The monoisotopic (exact) mass is 467 g/mol. The van der Waals surface area contributed by atoms with Gasteiger partial charge in [0.2, 0.25) is 0 Å². The molecule has 0 aliphatic rings. The summed E-state index contributed by atoms with van der Waals surface area (Å²) in [6.07, 6.45) is -0.224. The van der Waals surface area contributed by atoms with Gasteiger partial charge in [-0.1, -0.05) is 48.5 Å². The number of fused-ring (bicyclic) bond motifs is 1. The van der Waals surface area contributed by atoms with Crippen LogP contribution in [0.15, 0.2) is 60.7 Å². The van der Waals surface area contributed by atoms with Crippen molar-refractivity contribution in [3.8, 4) is 22.9 Å². The Hall–Kier alpha value is -4.44. The van der Waals surface area contributed by atoms with Crippen LogP contribution in [0.3, 0.4) is 0 Å². The molecule has 0 atom stereocenters. The van der Waals surface area contributed by atoms with E-state index in [1.165, 1.54) is 0 Å². The van der Waals surface area contributed by atoms with Gasteiger partial charge in [0.1, 0.15) is 11.6 Å². The van der Waals surface area contributed by atoms with Crippen molar-refractivity contribution >= 4 is 23.0 Å². The van der Waals surface area contributed by atoms with Crippen LogP contribution in [0.5, 0.6) is 0 Å². The topological polar surface area (TPSA) is 94.2 Å². The molecule has 0 N–H and O–H groups in total. The molecule has 0 fully saturated rings. The lowest BCUT2D eigenvalue weighted by molar-refractivity contribution is -0.142. The fraction of sp³-hybridized carbons (Fsp3) is 0.214. The number of esters is 2. The zero-order valence-corrected chi connectivity index (χ0v) is 19.9. The van der Waals surface area contributed by atoms with Gasteiger partial charge >= 0.3 is 11.9 Å². The molecule has 4 aromatic rings. The minimum absolute atomic E-state index is 0.159. The lowest BCUT2D eigenvalue weighted by Crippen LogP contribution is -2.17. The molecule has 0 aliphatic heterocycles. The van der Waals surface area contributed by atoms with Gasteiger partial charge < -0.3 is 14.0 Å². The molecule has 2 aromatic carbocycles. The third-order valence-corrected chi connectivity index (χ3v) is 5.69. The van der Waals surface area contributed by atoms with Crippen LogP contribution in [0.4, 0.5) is 0 Å². The zero-order valence-electron chi connectivity index (χ0n) is 19.9. The molecule has 7 nitrogen and oxygen atoms in total. The molecule has 35 heavy (non-hydrogen) atoms. The quantitative estimate of drug-likeness (QED) is 0.349. The Kier molecular flexibility index (Phi) is 6.93. The molecule has 176 valence electrons. The van der Waals surface area contributed by atoms with Gasteiger partial charge in [0.25, 0.3) is 0 Å². The average Bonchev–Trinajstić information content (AvgIpc) is 3.15. The summed E-state index contributed by atoms with van der Waals surface area (Å²) >= 11 is 0. The zero-order chi connectivity index (χ0) is 24.9. The summed E-state index contributed by atoms with van der Waals surface area (Å²) in [4.78, 5) is 30.6. The second kappa shape index (κ2) is 10.2. The van der Waals surface area contributed by atoms with Gasteiger partial charge in [-0.05, 0) is 38.5 Å². The van der Waals surface area contributed by atoms with Crippen molar-refractivity contribution in [2.45, 2.75) is 27.2 Å². The highest BCUT2D eigenvalue weighted by Gasteiger charge is 2.30. The number of carbonyl (C=O) groups excluding carboxylic acids is 2. The SMILES string of the molecule is CCOC(=O)Cc1nc2c(C#N)c(C)n(-c3ccccc3)c2c(-c2ccccc2)c1C(=O)OCC. The lowest BCUT2D eigenvalue weighted by Gasteiger charge is -2.17. The van der Waals surface area contributed by atoms with Crippen molar-refractivity contribution in [3.05, 3.63) is 83.2 Å². The summed E-state index contributed by atoms with van der Waals surface area (Å²) in [5, 5.41) is 10.1. The number of para-hydroxylation sites is 1. The maximum Gasteiger partial charge on any atom is 0.340 e. The van der Waals surface area contributed by atoms with E-state index in [9.17, 15) is 14.9 Å². The number of benzene rings is 2. The molecule has 0 saturated carbocycles. The fourth-order valence-corrected chi connectivity index (χ4v) is 4.29. The lowest BCUT2D eigenvalue weighted by atomic mass is 9.95. The van der Waals surface area contributed by atoms with Crippen LogP contribution in [0.25, 0.3) is 27.8 Å². The van der Waals surface area contributed by atoms with Gasteiger partial charge in [0, 0.05) is 16.9 Å². The maximum atomic E-state index is 13.4. The number of carbonyl (C=O) groups is 2. The molecule has 4 rings (SSSR count). The van der Waals surface area contributed by atoms with Crippen molar-refractivity contribution in [1.29, 1.82) is 5.26 Å². The van der Waals surface area contributed by atoms with Gasteiger partial charge in [0.15, 0.2) is 0 Å². The van der Waals surface area contributed by atoms with Crippen LogP contribution in [-0.2, 0) is 20.7 Å². The summed E-state index contributed by atoms with van der Waals surface area (Å²) in [5.41, 5.74) is 4.61.